The third kappa shape index (κ3) is 4.09. The normalized spacial score (nSPS) is 12.4. The molecule has 0 aliphatic heterocycles. The number of aryl methyl sites for hydroxylation is 1. The third-order valence-electron chi connectivity index (χ3n) is 2.03. The van der Waals surface area contributed by atoms with Crippen LogP contribution < -0.4 is 0 Å². The zero-order valence-electron chi connectivity index (χ0n) is 7.82. The second-order valence-corrected chi connectivity index (χ2v) is 4.69. The Hall–Kier alpha value is -0.580. The topological polar surface area (TPSA) is 37.3 Å². The van der Waals surface area contributed by atoms with Crippen LogP contribution >= 0.6 is 22.6 Å². The lowest BCUT2D eigenvalue weighted by molar-refractivity contribution is -0.136. The van der Waals surface area contributed by atoms with Crippen LogP contribution in [0.25, 0.3) is 0 Å². The van der Waals surface area contributed by atoms with E-state index in [-0.39, 0.29) is 3.92 Å². The van der Waals surface area contributed by atoms with Gasteiger partial charge in [-0.15, -0.1) is 0 Å². The summed E-state index contributed by atoms with van der Waals surface area (Å²) in [4.78, 5) is 10.5. The summed E-state index contributed by atoms with van der Waals surface area (Å²) in [6.07, 6.45) is 2.64. The van der Waals surface area contributed by atoms with Crippen LogP contribution in [0.15, 0.2) is 30.3 Å². The zero-order valence-corrected chi connectivity index (χ0v) is 9.98. The molecule has 0 heterocycles. The maximum atomic E-state index is 10.5. The predicted octanol–water partition coefficient (Wildman–Crippen LogP) is 2.90. The summed E-state index contributed by atoms with van der Waals surface area (Å²) in [5.74, 6) is -0.710. The third-order valence-corrected chi connectivity index (χ3v) is 3.19. The van der Waals surface area contributed by atoms with Gasteiger partial charge in [0, 0.05) is 0 Å². The first-order valence-corrected chi connectivity index (χ1v) is 5.85. The van der Waals surface area contributed by atoms with Crippen LogP contribution in [0.4, 0.5) is 0 Å². The van der Waals surface area contributed by atoms with Gasteiger partial charge in [0.05, 0.1) is 0 Å². The number of hydrogen-bond donors (Lipinski definition) is 1. The second kappa shape index (κ2) is 6.01. The van der Waals surface area contributed by atoms with Crippen LogP contribution in [-0.2, 0) is 11.2 Å². The van der Waals surface area contributed by atoms with Crippen molar-refractivity contribution in [1.29, 1.82) is 0 Å². The van der Waals surface area contributed by atoms with Gasteiger partial charge in [-0.3, -0.25) is 4.79 Å². The van der Waals surface area contributed by atoms with E-state index in [0.717, 1.165) is 19.3 Å². The van der Waals surface area contributed by atoms with Gasteiger partial charge in [-0.2, -0.15) is 0 Å². The summed E-state index contributed by atoms with van der Waals surface area (Å²) in [6, 6.07) is 10.1. The van der Waals surface area contributed by atoms with Gasteiger partial charge in [-0.05, 0) is 24.8 Å². The van der Waals surface area contributed by atoms with Crippen molar-refractivity contribution in [3.8, 4) is 0 Å². The fourth-order valence-electron chi connectivity index (χ4n) is 1.25. The molecule has 0 amide bonds. The van der Waals surface area contributed by atoms with Crippen molar-refractivity contribution in [3.63, 3.8) is 0 Å². The Labute approximate surface area is 97.5 Å². The van der Waals surface area contributed by atoms with Crippen LogP contribution in [-0.4, -0.2) is 15.0 Å². The molecule has 0 aliphatic carbocycles. The predicted molar refractivity (Wildman–Crippen MR) is 64.8 cm³/mol. The van der Waals surface area contributed by atoms with Crippen molar-refractivity contribution in [2.24, 2.45) is 0 Å². The van der Waals surface area contributed by atoms with Gasteiger partial charge in [0.15, 0.2) is 0 Å². The fourth-order valence-corrected chi connectivity index (χ4v) is 1.69. The summed E-state index contributed by atoms with van der Waals surface area (Å²) in [5.41, 5.74) is 1.28. The van der Waals surface area contributed by atoms with E-state index < -0.39 is 5.97 Å². The van der Waals surface area contributed by atoms with Gasteiger partial charge in [0.25, 0.3) is 0 Å². The Balaban J connectivity index is 2.26. The Morgan fingerprint density at radius 3 is 2.57 bits per heavy atom. The van der Waals surface area contributed by atoms with Crippen LogP contribution in [0.3, 0.4) is 0 Å². The SMILES string of the molecule is O=C(O)C(I)CCCc1ccccc1. The first-order chi connectivity index (χ1) is 6.70. The smallest absolute Gasteiger partial charge is 0.316 e. The average molecular weight is 304 g/mol. The van der Waals surface area contributed by atoms with Crippen molar-refractivity contribution >= 4 is 28.6 Å². The Morgan fingerprint density at radius 1 is 1.36 bits per heavy atom. The number of carbonyl (C=O) groups is 1. The van der Waals surface area contributed by atoms with E-state index >= 15 is 0 Å². The van der Waals surface area contributed by atoms with Crippen LogP contribution in [0, 0.1) is 0 Å². The molecule has 1 aromatic rings. The van der Waals surface area contributed by atoms with Gasteiger partial charge in [-0.1, -0.05) is 52.9 Å². The Kier molecular flexibility index (Phi) is 4.93. The molecule has 0 radical (unpaired) electrons. The van der Waals surface area contributed by atoms with E-state index in [9.17, 15) is 4.79 Å². The van der Waals surface area contributed by atoms with Crippen molar-refractivity contribution in [2.75, 3.05) is 0 Å². The molecule has 1 rings (SSSR count). The van der Waals surface area contributed by atoms with E-state index in [1.807, 2.05) is 40.8 Å². The number of carboxylic acids is 1. The molecule has 1 N–H and O–H groups in total. The molecule has 1 atom stereocenters. The highest BCUT2D eigenvalue weighted by atomic mass is 127. The summed E-state index contributed by atoms with van der Waals surface area (Å²) in [7, 11) is 0. The molecule has 0 bridgehead atoms. The van der Waals surface area contributed by atoms with Crippen molar-refractivity contribution in [1.82, 2.24) is 0 Å². The number of benzene rings is 1. The molecule has 3 heteroatoms. The number of aliphatic carboxylic acids is 1. The maximum Gasteiger partial charge on any atom is 0.316 e. The molecule has 0 saturated heterocycles. The standard InChI is InChI=1S/C11H13IO2/c12-10(11(13)14)8-4-7-9-5-2-1-3-6-9/h1-3,5-6,10H,4,7-8H2,(H,13,14). The average Bonchev–Trinajstić information content (AvgIpc) is 2.19. The second-order valence-electron chi connectivity index (χ2n) is 3.18. The van der Waals surface area contributed by atoms with Crippen LogP contribution in [0.2, 0.25) is 0 Å². The molecule has 14 heavy (non-hydrogen) atoms. The molecule has 0 aromatic heterocycles. The highest BCUT2D eigenvalue weighted by Crippen LogP contribution is 2.12. The van der Waals surface area contributed by atoms with Gasteiger partial charge in [0.1, 0.15) is 3.92 Å². The maximum absolute atomic E-state index is 10.5. The summed E-state index contributed by atoms with van der Waals surface area (Å²) < 4.78 is -0.253. The molecule has 1 aromatic carbocycles. The van der Waals surface area contributed by atoms with Gasteiger partial charge >= 0.3 is 5.97 Å². The molecule has 2 nitrogen and oxygen atoms in total. The number of hydrogen-bond acceptors (Lipinski definition) is 1. The molecule has 0 saturated carbocycles. The minimum Gasteiger partial charge on any atom is -0.480 e. The summed E-state index contributed by atoms with van der Waals surface area (Å²) >= 11 is 1.97. The lowest BCUT2D eigenvalue weighted by atomic mass is 10.1. The first kappa shape index (κ1) is 11.5. The van der Waals surface area contributed by atoms with E-state index in [0.29, 0.717) is 0 Å². The molecule has 76 valence electrons. The largest absolute Gasteiger partial charge is 0.480 e. The van der Waals surface area contributed by atoms with Gasteiger partial charge in [0.2, 0.25) is 0 Å². The van der Waals surface area contributed by atoms with Gasteiger partial charge < -0.3 is 5.11 Å². The highest BCUT2D eigenvalue weighted by Gasteiger charge is 2.11. The minimum atomic E-state index is -0.710. The molecule has 0 aliphatic rings. The van der Waals surface area contributed by atoms with Crippen molar-refractivity contribution < 1.29 is 9.90 Å². The van der Waals surface area contributed by atoms with Crippen LogP contribution in [0.1, 0.15) is 18.4 Å². The summed E-state index contributed by atoms with van der Waals surface area (Å²) in [6.45, 7) is 0. The van der Waals surface area contributed by atoms with E-state index in [1.54, 1.807) is 0 Å². The molecule has 0 fully saturated rings. The lowest BCUT2D eigenvalue weighted by Gasteiger charge is -2.04. The van der Waals surface area contributed by atoms with E-state index in [2.05, 4.69) is 12.1 Å². The molecule has 0 spiro atoms. The highest BCUT2D eigenvalue weighted by molar-refractivity contribution is 14.1. The Bertz CT molecular complexity index is 285. The summed E-state index contributed by atoms with van der Waals surface area (Å²) in [5, 5.41) is 8.67. The number of alkyl halides is 1. The van der Waals surface area contributed by atoms with Crippen molar-refractivity contribution in [2.45, 2.75) is 23.2 Å². The lowest BCUT2D eigenvalue weighted by Crippen LogP contribution is -2.12. The monoisotopic (exact) mass is 304 g/mol. The molecule has 1 unspecified atom stereocenters. The molecular weight excluding hydrogens is 291 g/mol. The number of halogens is 1. The molecular formula is C11H13IO2. The quantitative estimate of drug-likeness (QED) is 0.671. The van der Waals surface area contributed by atoms with Crippen LogP contribution in [0.5, 0.6) is 0 Å². The minimum absolute atomic E-state index is 0.253. The first-order valence-electron chi connectivity index (χ1n) is 4.61. The number of carboxylic acid groups (broad SMARTS) is 1. The van der Waals surface area contributed by atoms with E-state index in [1.165, 1.54) is 5.56 Å². The van der Waals surface area contributed by atoms with Crippen molar-refractivity contribution in [3.05, 3.63) is 35.9 Å². The zero-order chi connectivity index (χ0) is 10.4. The Morgan fingerprint density at radius 2 is 2.00 bits per heavy atom. The van der Waals surface area contributed by atoms with Gasteiger partial charge in [-0.25, -0.2) is 0 Å². The fraction of sp³-hybridized carbons (Fsp3) is 0.364. The van der Waals surface area contributed by atoms with E-state index in [4.69, 9.17) is 5.11 Å². The number of rotatable bonds is 5.